The molecule has 12 nitrogen and oxygen atoms in total. The molecule has 0 saturated carbocycles. The van der Waals surface area contributed by atoms with Gasteiger partial charge in [-0.2, -0.15) is 4.31 Å². The number of benzene rings is 3. The van der Waals surface area contributed by atoms with E-state index in [0.717, 1.165) is 11.8 Å². The molecule has 2 amide bonds. The molecule has 0 aliphatic rings. The molecule has 15 heteroatoms. The van der Waals surface area contributed by atoms with Crippen molar-refractivity contribution in [3.8, 4) is 17.2 Å². The van der Waals surface area contributed by atoms with Crippen LogP contribution in [0.15, 0.2) is 76.8 Å². The van der Waals surface area contributed by atoms with Gasteiger partial charge in [0, 0.05) is 30.4 Å². The first-order valence-electron chi connectivity index (χ1n) is 13.8. The summed E-state index contributed by atoms with van der Waals surface area (Å²) in [6, 6.07) is 16.3. The largest absolute Gasteiger partial charge is 0.497 e. The fraction of sp³-hybridized carbons (Fsp3) is 0.267. The minimum absolute atomic E-state index is 0.0447. The van der Waals surface area contributed by atoms with Crippen LogP contribution in [0.2, 0.25) is 0 Å². The summed E-state index contributed by atoms with van der Waals surface area (Å²) in [5.41, 5.74) is 1.21. The van der Waals surface area contributed by atoms with E-state index >= 15 is 0 Å². The van der Waals surface area contributed by atoms with E-state index < -0.39 is 21.7 Å². The van der Waals surface area contributed by atoms with Gasteiger partial charge >= 0.3 is 0 Å². The number of halogens is 1. The number of ether oxygens (including phenoxy) is 2. The van der Waals surface area contributed by atoms with Crippen LogP contribution in [0.3, 0.4) is 0 Å². The number of hydrogen-bond acceptors (Lipinski definition) is 9. The monoisotopic (exact) mass is 656 g/mol. The van der Waals surface area contributed by atoms with Crippen LogP contribution in [0.5, 0.6) is 11.5 Å². The van der Waals surface area contributed by atoms with Gasteiger partial charge < -0.3 is 20.1 Å². The van der Waals surface area contributed by atoms with Crippen LogP contribution in [0.1, 0.15) is 30.0 Å². The molecule has 4 rings (SSSR count). The average molecular weight is 657 g/mol. The molecule has 1 heterocycles. The summed E-state index contributed by atoms with van der Waals surface area (Å²) in [5.74, 6) is 0.0586. The minimum Gasteiger partial charge on any atom is -0.497 e. The van der Waals surface area contributed by atoms with Crippen molar-refractivity contribution in [2.24, 2.45) is 0 Å². The van der Waals surface area contributed by atoms with E-state index in [2.05, 4.69) is 20.8 Å². The van der Waals surface area contributed by atoms with Crippen molar-refractivity contribution in [3.05, 3.63) is 83.9 Å². The molecule has 0 unspecified atom stereocenters. The van der Waals surface area contributed by atoms with E-state index in [1.165, 1.54) is 67.1 Å². The molecule has 0 radical (unpaired) electrons. The number of rotatable bonds is 14. The average Bonchev–Trinajstić information content (AvgIpc) is 3.46. The molecule has 0 saturated heterocycles. The second kappa shape index (κ2) is 15.0. The Hall–Kier alpha value is -4.47. The van der Waals surface area contributed by atoms with Gasteiger partial charge in [0.25, 0.3) is 5.91 Å². The number of nitrogens with zero attached hydrogens (tertiary/aromatic N) is 4. The smallest absolute Gasteiger partial charge is 0.251 e. The van der Waals surface area contributed by atoms with Crippen LogP contribution in [-0.4, -0.2) is 72.4 Å². The molecule has 0 aliphatic carbocycles. The summed E-state index contributed by atoms with van der Waals surface area (Å²) in [7, 11) is -0.639. The first kappa shape index (κ1) is 33.4. The fourth-order valence-electron chi connectivity index (χ4n) is 4.33. The number of methoxy groups -OCH3 is 2. The van der Waals surface area contributed by atoms with Gasteiger partial charge in [-0.3, -0.25) is 14.2 Å². The number of anilines is 1. The summed E-state index contributed by atoms with van der Waals surface area (Å²) in [5, 5.41) is 14.4. The Morgan fingerprint density at radius 2 is 1.64 bits per heavy atom. The highest BCUT2D eigenvalue weighted by atomic mass is 32.2. The predicted molar refractivity (Wildman–Crippen MR) is 168 cm³/mol. The molecule has 4 aromatic rings. The SMILES string of the molecule is CCN(CC)S(=O)(=O)c1ccc(C(=O)NCc2nnc(SCC(=O)Nc3ccc(F)cc3)n2-c2cc(OC)ccc2OC)cc1. The summed E-state index contributed by atoms with van der Waals surface area (Å²) in [6.07, 6.45) is 0. The lowest BCUT2D eigenvalue weighted by molar-refractivity contribution is -0.113. The minimum atomic E-state index is -3.66. The summed E-state index contributed by atoms with van der Waals surface area (Å²) in [6.45, 7) is 4.12. The Bertz CT molecular complexity index is 1740. The molecular weight excluding hydrogens is 623 g/mol. The number of hydrogen-bond donors (Lipinski definition) is 2. The van der Waals surface area contributed by atoms with Gasteiger partial charge in [0.15, 0.2) is 11.0 Å². The number of thioether (sulfide) groups is 1. The zero-order valence-electron chi connectivity index (χ0n) is 25.1. The zero-order chi connectivity index (χ0) is 32.6. The third kappa shape index (κ3) is 7.98. The molecule has 3 aromatic carbocycles. The van der Waals surface area contributed by atoms with E-state index in [4.69, 9.17) is 9.47 Å². The lowest BCUT2D eigenvalue weighted by Gasteiger charge is -2.18. The van der Waals surface area contributed by atoms with Crippen LogP contribution < -0.4 is 20.1 Å². The van der Waals surface area contributed by atoms with Gasteiger partial charge in [0.05, 0.1) is 37.1 Å². The van der Waals surface area contributed by atoms with Crippen LogP contribution in [0.4, 0.5) is 10.1 Å². The van der Waals surface area contributed by atoms with Crippen molar-refractivity contribution in [2.75, 3.05) is 38.4 Å². The number of sulfonamides is 1. The molecule has 238 valence electrons. The maximum Gasteiger partial charge on any atom is 0.251 e. The second-order valence-corrected chi connectivity index (χ2v) is 12.3. The van der Waals surface area contributed by atoms with Crippen molar-refractivity contribution >= 4 is 39.3 Å². The maximum atomic E-state index is 13.2. The number of aromatic nitrogens is 3. The molecule has 1 aromatic heterocycles. The molecule has 0 atom stereocenters. The molecule has 0 aliphatic heterocycles. The van der Waals surface area contributed by atoms with Gasteiger partial charge in [0.2, 0.25) is 15.9 Å². The van der Waals surface area contributed by atoms with Crippen molar-refractivity contribution in [1.82, 2.24) is 24.4 Å². The normalized spacial score (nSPS) is 11.3. The molecular formula is C30H33FN6O6S2. The van der Waals surface area contributed by atoms with Crippen LogP contribution >= 0.6 is 11.8 Å². The third-order valence-electron chi connectivity index (χ3n) is 6.65. The number of nitrogens with one attached hydrogen (secondary N) is 2. The first-order chi connectivity index (χ1) is 21.6. The van der Waals surface area contributed by atoms with Crippen molar-refractivity contribution in [2.45, 2.75) is 30.4 Å². The van der Waals surface area contributed by atoms with Gasteiger partial charge in [-0.25, -0.2) is 12.8 Å². The Morgan fingerprint density at radius 1 is 0.956 bits per heavy atom. The highest BCUT2D eigenvalue weighted by molar-refractivity contribution is 7.99. The fourth-order valence-corrected chi connectivity index (χ4v) is 6.56. The van der Waals surface area contributed by atoms with Crippen molar-refractivity contribution in [1.29, 1.82) is 0 Å². The summed E-state index contributed by atoms with van der Waals surface area (Å²) >= 11 is 1.10. The molecule has 0 bridgehead atoms. The topological polar surface area (TPSA) is 145 Å². The van der Waals surface area contributed by atoms with Gasteiger partial charge in [-0.15, -0.1) is 10.2 Å². The number of carbonyl (C=O) groups excluding carboxylic acids is 2. The van der Waals surface area contributed by atoms with Gasteiger partial charge in [0.1, 0.15) is 17.3 Å². The predicted octanol–water partition coefficient (Wildman–Crippen LogP) is 4.11. The second-order valence-electron chi connectivity index (χ2n) is 9.41. The lowest BCUT2D eigenvalue weighted by Crippen LogP contribution is -2.30. The molecule has 0 spiro atoms. The van der Waals surface area contributed by atoms with Gasteiger partial charge in [-0.1, -0.05) is 25.6 Å². The third-order valence-corrected chi connectivity index (χ3v) is 9.65. The Balaban J connectivity index is 1.56. The number of amides is 2. The summed E-state index contributed by atoms with van der Waals surface area (Å²) < 4.78 is 52.8. The maximum absolute atomic E-state index is 13.2. The van der Waals surface area contributed by atoms with E-state index in [1.807, 2.05) is 0 Å². The van der Waals surface area contributed by atoms with Crippen molar-refractivity contribution in [3.63, 3.8) is 0 Å². The Kier molecular flexibility index (Phi) is 11.1. The first-order valence-corrected chi connectivity index (χ1v) is 16.3. The quantitative estimate of drug-likeness (QED) is 0.192. The van der Waals surface area contributed by atoms with E-state index in [9.17, 15) is 22.4 Å². The molecule has 0 fully saturated rings. The van der Waals surface area contributed by atoms with Crippen molar-refractivity contribution < 1.29 is 31.9 Å². The van der Waals surface area contributed by atoms with Crippen LogP contribution in [0.25, 0.3) is 5.69 Å². The van der Waals surface area contributed by atoms with Gasteiger partial charge in [-0.05, 0) is 60.7 Å². The van der Waals surface area contributed by atoms with E-state index in [0.29, 0.717) is 46.9 Å². The molecule has 2 N–H and O–H groups in total. The Morgan fingerprint density at radius 3 is 2.27 bits per heavy atom. The van der Waals surface area contributed by atoms with Crippen LogP contribution in [-0.2, 0) is 21.4 Å². The Labute approximate surface area is 265 Å². The highest BCUT2D eigenvalue weighted by Gasteiger charge is 2.23. The van der Waals surface area contributed by atoms with E-state index in [-0.39, 0.29) is 28.7 Å². The molecule has 45 heavy (non-hydrogen) atoms. The highest BCUT2D eigenvalue weighted by Crippen LogP contribution is 2.32. The zero-order valence-corrected chi connectivity index (χ0v) is 26.7. The summed E-state index contributed by atoms with van der Waals surface area (Å²) in [4.78, 5) is 25.8. The lowest BCUT2D eigenvalue weighted by atomic mass is 10.2. The number of carbonyl (C=O) groups is 2. The standard InChI is InChI=1S/C30H33FN6O6S2/c1-5-36(6-2)45(40,41)24-14-7-20(8-15-24)29(39)32-18-27-34-35-30(37(27)25-17-23(42-3)13-16-26(25)43-4)44-19-28(38)33-22-11-9-21(31)10-12-22/h7-17H,5-6,18-19H2,1-4H3,(H,32,39)(H,33,38). The van der Waals surface area contributed by atoms with E-state index in [1.54, 1.807) is 36.6 Å². The van der Waals surface area contributed by atoms with Crippen LogP contribution in [0, 0.1) is 5.82 Å².